The van der Waals surface area contributed by atoms with Gasteiger partial charge in [0.15, 0.2) is 0 Å². The van der Waals surface area contributed by atoms with E-state index < -0.39 is 0 Å². The number of nitrogens with zero attached hydrogens (tertiary/aromatic N) is 2. The molecule has 1 N–H and O–H groups in total. The van der Waals surface area contributed by atoms with Gasteiger partial charge in [-0.25, -0.2) is 0 Å². The van der Waals surface area contributed by atoms with E-state index in [0.717, 1.165) is 10.9 Å². The minimum atomic E-state index is -0.159. The fourth-order valence-electron chi connectivity index (χ4n) is 2.12. The number of hydrogen-bond donors (Lipinski definition) is 1. The number of benzene rings is 1. The highest BCUT2D eigenvalue weighted by Gasteiger charge is 2.05. The third-order valence-corrected chi connectivity index (χ3v) is 3.16. The smallest absolute Gasteiger partial charge is 0.252 e. The third kappa shape index (κ3) is 3.20. The minimum Gasteiger partial charge on any atom is -0.489 e. The molecule has 0 aliphatic carbocycles. The Balaban J connectivity index is 1.56. The van der Waals surface area contributed by atoms with E-state index in [-0.39, 0.29) is 5.91 Å². The standard InChI is InChI=1S/C17H15N3O2/c21-17(14-6-2-8-18-12-14)20-10-11-22-15-7-1-4-13-5-3-9-19-16(13)15/h1-9,12H,10-11H2,(H,20,21). The van der Waals surface area contributed by atoms with Crippen LogP contribution in [-0.2, 0) is 0 Å². The second kappa shape index (κ2) is 6.67. The summed E-state index contributed by atoms with van der Waals surface area (Å²) in [7, 11) is 0. The van der Waals surface area contributed by atoms with Gasteiger partial charge < -0.3 is 10.1 Å². The van der Waals surface area contributed by atoms with E-state index >= 15 is 0 Å². The first-order chi connectivity index (χ1) is 10.8. The lowest BCUT2D eigenvalue weighted by molar-refractivity contribution is 0.0947. The van der Waals surface area contributed by atoms with E-state index in [2.05, 4.69) is 15.3 Å². The molecule has 0 spiro atoms. The van der Waals surface area contributed by atoms with Gasteiger partial charge in [0, 0.05) is 24.0 Å². The monoisotopic (exact) mass is 293 g/mol. The molecule has 1 amide bonds. The molecule has 5 heteroatoms. The highest BCUT2D eigenvalue weighted by molar-refractivity contribution is 5.93. The van der Waals surface area contributed by atoms with Crippen molar-refractivity contribution in [2.45, 2.75) is 0 Å². The summed E-state index contributed by atoms with van der Waals surface area (Å²) in [5.74, 6) is 0.557. The van der Waals surface area contributed by atoms with Crippen LogP contribution in [0.3, 0.4) is 0 Å². The van der Waals surface area contributed by atoms with Crippen molar-refractivity contribution in [1.29, 1.82) is 0 Å². The Kier molecular flexibility index (Phi) is 4.25. The van der Waals surface area contributed by atoms with Gasteiger partial charge in [-0.3, -0.25) is 14.8 Å². The zero-order valence-electron chi connectivity index (χ0n) is 11.9. The number of pyridine rings is 2. The van der Waals surface area contributed by atoms with Gasteiger partial charge in [0.05, 0.1) is 12.1 Å². The van der Waals surface area contributed by atoms with E-state index in [4.69, 9.17) is 4.74 Å². The number of ether oxygens (including phenoxy) is 1. The van der Waals surface area contributed by atoms with Crippen molar-refractivity contribution < 1.29 is 9.53 Å². The molecule has 3 aromatic rings. The summed E-state index contributed by atoms with van der Waals surface area (Å²) < 4.78 is 5.71. The number of nitrogens with one attached hydrogen (secondary N) is 1. The molecule has 2 heterocycles. The van der Waals surface area contributed by atoms with Crippen LogP contribution in [-0.4, -0.2) is 29.0 Å². The van der Waals surface area contributed by atoms with E-state index in [1.165, 1.54) is 6.20 Å². The average molecular weight is 293 g/mol. The molecule has 0 bridgehead atoms. The summed E-state index contributed by atoms with van der Waals surface area (Å²) >= 11 is 0. The van der Waals surface area contributed by atoms with Gasteiger partial charge in [-0.15, -0.1) is 0 Å². The van der Waals surface area contributed by atoms with Crippen LogP contribution in [0.4, 0.5) is 0 Å². The average Bonchev–Trinajstić information content (AvgIpc) is 2.59. The molecular formula is C17H15N3O2. The molecule has 5 nitrogen and oxygen atoms in total. The lowest BCUT2D eigenvalue weighted by atomic mass is 10.2. The van der Waals surface area contributed by atoms with Gasteiger partial charge in [0.1, 0.15) is 17.9 Å². The maximum absolute atomic E-state index is 11.8. The lowest BCUT2D eigenvalue weighted by Gasteiger charge is -2.09. The quantitative estimate of drug-likeness (QED) is 0.734. The van der Waals surface area contributed by atoms with Crippen LogP contribution in [0.1, 0.15) is 10.4 Å². The summed E-state index contributed by atoms with van der Waals surface area (Å²) in [5.41, 5.74) is 1.36. The Bertz CT molecular complexity index is 770. The van der Waals surface area contributed by atoms with Crippen molar-refractivity contribution in [3.63, 3.8) is 0 Å². The van der Waals surface area contributed by atoms with Gasteiger partial charge >= 0.3 is 0 Å². The van der Waals surface area contributed by atoms with Gasteiger partial charge in [0.2, 0.25) is 0 Å². The predicted octanol–water partition coefficient (Wildman–Crippen LogP) is 2.44. The largest absolute Gasteiger partial charge is 0.489 e. The molecule has 0 unspecified atom stereocenters. The molecular weight excluding hydrogens is 278 g/mol. The van der Waals surface area contributed by atoms with Crippen LogP contribution >= 0.6 is 0 Å². The highest BCUT2D eigenvalue weighted by atomic mass is 16.5. The zero-order chi connectivity index (χ0) is 15.2. The molecule has 110 valence electrons. The van der Waals surface area contributed by atoms with Crippen molar-refractivity contribution in [3.05, 3.63) is 66.6 Å². The first-order valence-corrected chi connectivity index (χ1v) is 6.99. The van der Waals surface area contributed by atoms with Crippen molar-refractivity contribution >= 4 is 16.8 Å². The number of hydrogen-bond acceptors (Lipinski definition) is 4. The van der Waals surface area contributed by atoms with Crippen molar-refractivity contribution in [3.8, 4) is 5.75 Å². The Morgan fingerprint density at radius 3 is 2.82 bits per heavy atom. The van der Waals surface area contributed by atoms with Crippen molar-refractivity contribution in [2.75, 3.05) is 13.2 Å². The fourth-order valence-corrected chi connectivity index (χ4v) is 2.12. The topological polar surface area (TPSA) is 64.1 Å². The summed E-state index contributed by atoms with van der Waals surface area (Å²) in [6.07, 6.45) is 4.90. The molecule has 3 rings (SSSR count). The number of carbonyl (C=O) groups is 1. The van der Waals surface area contributed by atoms with Crippen LogP contribution in [0.2, 0.25) is 0 Å². The first kappa shape index (κ1) is 14.0. The molecule has 0 aliphatic rings. The SMILES string of the molecule is O=C(NCCOc1cccc2cccnc12)c1cccnc1. The molecule has 0 fully saturated rings. The Morgan fingerprint density at radius 1 is 1.09 bits per heavy atom. The van der Waals surface area contributed by atoms with Gasteiger partial charge in [0.25, 0.3) is 5.91 Å². The highest BCUT2D eigenvalue weighted by Crippen LogP contribution is 2.22. The molecule has 0 radical (unpaired) electrons. The second-order valence-corrected chi connectivity index (χ2v) is 4.68. The van der Waals surface area contributed by atoms with Gasteiger partial charge in [-0.2, -0.15) is 0 Å². The van der Waals surface area contributed by atoms with E-state index in [1.807, 2.05) is 30.3 Å². The van der Waals surface area contributed by atoms with Crippen molar-refractivity contribution in [1.82, 2.24) is 15.3 Å². The number of para-hydroxylation sites is 1. The van der Waals surface area contributed by atoms with E-state index in [9.17, 15) is 4.79 Å². The summed E-state index contributed by atoms with van der Waals surface area (Å²) in [6, 6.07) is 13.1. The minimum absolute atomic E-state index is 0.159. The number of fused-ring (bicyclic) bond motifs is 1. The molecule has 0 saturated heterocycles. The molecule has 2 aromatic heterocycles. The van der Waals surface area contributed by atoms with Crippen LogP contribution in [0.25, 0.3) is 10.9 Å². The summed E-state index contributed by atoms with van der Waals surface area (Å²) in [5, 5.41) is 3.82. The maximum Gasteiger partial charge on any atom is 0.252 e. The predicted molar refractivity (Wildman–Crippen MR) is 83.8 cm³/mol. The lowest BCUT2D eigenvalue weighted by Crippen LogP contribution is -2.28. The Hall–Kier alpha value is -2.95. The summed E-state index contributed by atoms with van der Waals surface area (Å²) in [4.78, 5) is 20.1. The zero-order valence-corrected chi connectivity index (χ0v) is 11.9. The van der Waals surface area contributed by atoms with Gasteiger partial charge in [-0.05, 0) is 24.3 Å². The molecule has 0 atom stereocenters. The second-order valence-electron chi connectivity index (χ2n) is 4.68. The fraction of sp³-hybridized carbons (Fsp3) is 0.118. The van der Waals surface area contributed by atoms with Crippen LogP contribution < -0.4 is 10.1 Å². The Morgan fingerprint density at radius 2 is 1.95 bits per heavy atom. The maximum atomic E-state index is 11.8. The van der Waals surface area contributed by atoms with E-state index in [1.54, 1.807) is 24.5 Å². The molecule has 0 saturated carbocycles. The van der Waals surface area contributed by atoms with E-state index in [0.29, 0.717) is 24.5 Å². The van der Waals surface area contributed by atoms with Crippen LogP contribution in [0.5, 0.6) is 5.75 Å². The normalized spacial score (nSPS) is 10.4. The summed E-state index contributed by atoms with van der Waals surface area (Å²) in [6.45, 7) is 0.790. The van der Waals surface area contributed by atoms with Crippen LogP contribution in [0.15, 0.2) is 61.1 Å². The first-order valence-electron chi connectivity index (χ1n) is 6.99. The number of carbonyl (C=O) groups excluding carboxylic acids is 1. The Labute approximate surface area is 128 Å². The van der Waals surface area contributed by atoms with Gasteiger partial charge in [-0.1, -0.05) is 18.2 Å². The number of aromatic nitrogens is 2. The third-order valence-electron chi connectivity index (χ3n) is 3.16. The van der Waals surface area contributed by atoms with Crippen molar-refractivity contribution in [2.24, 2.45) is 0 Å². The molecule has 1 aromatic carbocycles. The molecule has 22 heavy (non-hydrogen) atoms. The molecule has 0 aliphatic heterocycles. The number of amides is 1. The number of rotatable bonds is 5. The van der Waals surface area contributed by atoms with Crippen LogP contribution in [0, 0.1) is 0 Å².